The molecule has 1 heterocycles. The number of ketones is 1. The second kappa shape index (κ2) is 5.38. The highest BCUT2D eigenvalue weighted by Gasteiger charge is 2.37. The summed E-state index contributed by atoms with van der Waals surface area (Å²) in [7, 11) is 0. The van der Waals surface area contributed by atoms with E-state index in [1.807, 2.05) is 0 Å². The van der Waals surface area contributed by atoms with Gasteiger partial charge in [0.05, 0.1) is 6.04 Å². The van der Waals surface area contributed by atoms with Crippen LogP contribution in [0, 0.1) is 0 Å². The molecule has 0 spiro atoms. The Labute approximate surface area is 93.5 Å². The summed E-state index contributed by atoms with van der Waals surface area (Å²) in [5.74, 6) is -1.20. The molecule has 0 bridgehead atoms. The first-order valence-electron chi connectivity index (χ1n) is 5.28. The molecule has 6 heteroatoms. The van der Waals surface area contributed by atoms with Crippen molar-refractivity contribution in [3.63, 3.8) is 0 Å². The van der Waals surface area contributed by atoms with Crippen LogP contribution in [0.25, 0.3) is 0 Å². The number of aliphatic hydroxyl groups is 2. The maximum absolute atomic E-state index is 11.3. The summed E-state index contributed by atoms with van der Waals surface area (Å²) in [6, 6.07) is -1.41. The summed E-state index contributed by atoms with van der Waals surface area (Å²) < 4.78 is 0. The topological polar surface area (TPSA) is 98.1 Å². The van der Waals surface area contributed by atoms with E-state index < -0.39 is 24.3 Å². The van der Waals surface area contributed by atoms with Crippen molar-refractivity contribution in [1.29, 1.82) is 0 Å². The molecule has 16 heavy (non-hydrogen) atoms. The average molecular weight is 231 g/mol. The van der Waals surface area contributed by atoms with Crippen molar-refractivity contribution in [3.8, 4) is 0 Å². The van der Waals surface area contributed by atoms with E-state index in [9.17, 15) is 9.59 Å². The van der Waals surface area contributed by atoms with Crippen LogP contribution in [0.4, 0.5) is 0 Å². The van der Waals surface area contributed by atoms with E-state index >= 15 is 0 Å². The van der Waals surface area contributed by atoms with Crippen LogP contribution in [0.15, 0.2) is 0 Å². The predicted octanol–water partition coefficient (Wildman–Crippen LogP) is -0.806. The summed E-state index contributed by atoms with van der Waals surface area (Å²) >= 11 is 0. The molecule has 0 saturated carbocycles. The Morgan fingerprint density at radius 3 is 2.50 bits per heavy atom. The summed E-state index contributed by atoms with van der Waals surface area (Å²) in [6.45, 7) is 1.94. The van der Waals surface area contributed by atoms with Crippen LogP contribution >= 0.6 is 0 Å². The minimum absolute atomic E-state index is 0.0730. The fourth-order valence-corrected chi connectivity index (χ4v) is 2.18. The summed E-state index contributed by atoms with van der Waals surface area (Å²) in [6.07, 6.45) is -0.552. The van der Waals surface area contributed by atoms with Crippen LogP contribution in [0.2, 0.25) is 0 Å². The lowest BCUT2D eigenvalue weighted by Crippen LogP contribution is -2.48. The molecule has 1 aliphatic rings. The fraction of sp³-hybridized carbons (Fsp3) is 0.800. The molecule has 1 aliphatic heterocycles. The first-order chi connectivity index (χ1) is 7.43. The van der Waals surface area contributed by atoms with Crippen LogP contribution in [-0.2, 0) is 9.59 Å². The van der Waals surface area contributed by atoms with Gasteiger partial charge in [-0.2, -0.15) is 0 Å². The maximum atomic E-state index is 11.3. The third kappa shape index (κ3) is 3.01. The third-order valence-electron chi connectivity index (χ3n) is 2.88. The SMILES string of the molecule is CC(=O)[C@H]1CCCN1C(CC(O)O)C(=O)O. The van der Waals surface area contributed by atoms with Gasteiger partial charge in [-0.05, 0) is 26.3 Å². The van der Waals surface area contributed by atoms with Gasteiger partial charge in [0.25, 0.3) is 0 Å². The Morgan fingerprint density at radius 2 is 2.06 bits per heavy atom. The van der Waals surface area contributed by atoms with Crippen LogP contribution in [0.1, 0.15) is 26.2 Å². The second-order valence-corrected chi connectivity index (χ2v) is 4.08. The molecule has 0 aromatic rings. The van der Waals surface area contributed by atoms with Gasteiger partial charge >= 0.3 is 5.97 Å². The van der Waals surface area contributed by atoms with E-state index in [1.165, 1.54) is 6.92 Å². The Hall–Kier alpha value is -0.980. The molecule has 0 aromatic heterocycles. The summed E-state index contributed by atoms with van der Waals surface area (Å²) in [5, 5.41) is 26.7. The van der Waals surface area contributed by atoms with Crippen LogP contribution < -0.4 is 0 Å². The highest BCUT2D eigenvalue weighted by molar-refractivity contribution is 5.83. The molecule has 0 aliphatic carbocycles. The van der Waals surface area contributed by atoms with Gasteiger partial charge in [-0.25, -0.2) is 0 Å². The lowest BCUT2D eigenvalue weighted by Gasteiger charge is -2.29. The van der Waals surface area contributed by atoms with Crippen LogP contribution in [0.5, 0.6) is 0 Å². The van der Waals surface area contributed by atoms with E-state index in [2.05, 4.69) is 0 Å². The molecule has 1 fully saturated rings. The molecule has 1 saturated heterocycles. The Balaban J connectivity index is 2.77. The number of carbonyl (C=O) groups excluding carboxylic acids is 1. The van der Waals surface area contributed by atoms with Crippen molar-refractivity contribution in [2.75, 3.05) is 6.54 Å². The van der Waals surface area contributed by atoms with Gasteiger partial charge in [-0.1, -0.05) is 0 Å². The van der Waals surface area contributed by atoms with Crippen molar-refractivity contribution >= 4 is 11.8 Å². The van der Waals surface area contributed by atoms with Crippen molar-refractivity contribution in [3.05, 3.63) is 0 Å². The van der Waals surface area contributed by atoms with Crippen LogP contribution in [0.3, 0.4) is 0 Å². The summed E-state index contributed by atoms with van der Waals surface area (Å²) in [5.41, 5.74) is 0. The zero-order chi connectivity index (χ0) is 12.3. The van der Waals surface area contributed by atoms with Gasteiger partial charge < -0.3 is 15.3 Å². The number of nitrogens with zero attached hydrogens (tertiary/aromatic N) is 1. The molecular weight excluding hydrogens is 214 g/mol. The Bertz CT molecular complexity index is 278. The van der Waals surface area contributed by atoms with Gasteiger partial charge in [0.2, 0.25) is 0 Å². The number of aliphatic carboxylic acids is 1. The monoisotopic (exact) mass is 231 g/mol. The number of aliphatic hydroxyl groups excluding tert-OH is 1. The average Bonchev–Trinajstić information content (AvgIpc) is 2.61. The number of carboxylic acids is 1. The van der Waals surface area contributed by atoms with Crippen molar-refractivity contribution < 1.29 is 24.9 Å². The normalized spacial score (nSPS) is 23.6. The van der Waals surface area contributed by atoms with Gasteiger partial charge in [-0.3, -0.25) is 14.5 Å². The number of Topliss-reactive ketones (excluding diaryl/α,β-unsaturated/α-hetero) is 1. The number of rotatable bonds is 5. The maximum Gasteiger partial charge on any atom is 0.321 e. The van der Waals surface area contributed by atoms with E-state index in [4.69, 9.17) is 15.3 Å². The Kier molecular flexibility index (Phi) is 4.40. The second-order valence-electron chi connectivity index (χ2n) is 4.08. The minimum Gasteiger partial charge on any atom is -0.480 e. The zero-order valence-electron chi connectivity index (χ0n) is 9.17. The third-order valence-corrected chi connectivity index (χ3v) is 2.88. The number of hydrogen-bond acceptors (Lipinski definition) is 5. The minimum atomic E-state index is -1.67. The molecule has 0 amide bonds. The smallest absolute Gasteiger partial charge is 0.321 e. The first kappa shape index (κ1) is 13.1. The van der Waals surface area contributed by atoms with Gasteiger partial charge in [0.1, 0.15) is 11.8 Å². The lowest BCUT2D eigenvalue weighted by atomic mass is 10.1. The molecule has 6 nitrogen and oxygen atoms in total. The highest BCUT2D eigenvalue weighted by atomic mass is 16.5. The molecule has 2 atom stereocenters. The molecule has 1 rings (SSSR count). The van der Waals surface area contributed by atoms with E-state index in [0.717, 1.165) is 6.42 Å². The Morgan fingerprint density at radius 1 is 1.44 bits per heavy atom. The van der Waals surface area contributed by atoms with Gasteiger partial charge in [-0.15, -0.1) is 0 Å². The highest BCUT2D eigenvalue weighted by Crippen LogP contribution is 2.23. The standard InChI is InChI=1S/C10H17NO5/c1-6(12)7-3-2-4-11(7)8(10(15)16)5-9(13)14/h7-9,13-14H,2-5H2,1H3,(H,15,16)/t7-,8?/m1/s1. The van der Waals surface area contributed by atoms with Crippen LogP contribution in [-0.4, -0.2) is 56.9 Å². The quantitative estimate of drug-likeness (QED) is 0.535. The first-order valence-corrected chi connectivity index (χ1v) is 5.28. The summed E-state index contributed by atoms with van der Waals surface area (Å²) in [4.78, 5) is 23.9. The van der Waals surface area contributed by atoms with Gasteiger partial charge in [0.15, 0.2) is 6.29 Å². The molecule has 1 unspecified atom stereocenters. The fourth-order valence-electron chi connectivity index (χ4n) is 2.18. The van der Waals surface area contributed by atoms with Crippen molar-refractivity contribution in [2.45, 2.75) is 44.6 Å². The van der Waals surface area contributed by atoms with Crippen molar-refractivity contribution in [1.82, 2.24) is 4.90 Å². The molecule has 0 aromatic carbocycles. The van der Waals surface area contributed by atoms with Crippen molar-refractivity contribution in [2.24, 2.45) is 0 Å². The zero-order valence-corrected chi connectivity index (χ0v) is 9.17. The van der Waals surface area contributed by atoms with Gasteiger partial charge in [0, 0.05) is 6.42 Å². The molecule has 3 N–H and O–H groups in total. The molecular formula is C10H17NO5. The number of likely N-dealkylation sites (tertiary alicyclic amines) is 1. The predicted molar refractivity (Wildman–Crippen MR) is 54.7 cm³/mol. The number of carbonyl (C=O) groups is 2. The molecule has 0 radical (unpaired) electrons. The number of carboxylic acid groups (broad SMARTS) is 1. The lowest BCUT2D eigenvalue weighted by molar-refractivity contribution is -0.149. The largest absolute Gasteiger partial charge is 0.480 e. The van der Waals surface area contributed by atoms with E-state index in [-0.39, 0.29) is 12.2 Å². The number of hydrogen-bond donors (Lipinski definition) is 3. The molecule has 92 valence electrons. The van der Waals surface area contributed by atoms with E-state index in [1.54, 1.807) is 4.90 Å². The van der Waals surface area contributed by atoms with E-state index in [0.29, 0.717) is 13.0 Å².